The number of rotatable bonds is 7. The molecular formula is C16H21NO2. The minimum atomic E-state index is 0.0830. The quantitative estimate of drug-likeness (QED) is 0.769. The van der Waals surface area contributed by atoms with Gasteiger partial charge in [-0.25, -0.2) is 0 Å². The molecule has 0 radical (unpaired) electrons. The van der Waals surface area contributed by atoms with Gasteiger partial charge < -0.3 is 14.5 Å². The highest BCUT2D eigenvalue weighted by Gasteiger charge is 2.14. The predicted molar refractivity (Wildman–Crippen MR) is 76.5 cm³/mol. The maximum atomic E-state index is 5.66. The normalized spacial score (nSPS) is 12.3. The lowest BCUT2D eigenvalue weighted by Gasteiger charge is -2.14. The molecule has 0 amide bonds. The lowest BCUT2D eigenvalue weighted by molar-refractivity contribution is 0.309. The highest BCUT2D eigenvalue weighted by Crippen LogP contribution is 2.24. The standard InChI is InChI=1S/C16H21NO2/c1-3-4-11-18-14-9-7-13(8-10-14)16(17-2)15-6-5-12-19-15/h5-10,12,16-17H,3-4,11H2,1-2H3. The molecule has 1 aromatic heterocycles. The van der Waals surface area contributed by atoms with Crippen molar-refractivity contribution in [3.63, 3.8) is 0 Å². The summed E-state index contributed by atoms with van der Waals surface area (Å²) in [5.41, 5.74) is 1.17. The number of unbranched alkanes of at least 4 members (excludes halogenated alkanes) is 1. The van der Waals surface area contributed by atoms with E-state index in [2.05, 4.69) is 24.4 Å². The van der Waals surface area contributed by atoms with E-state index in [-0.39, 0.29) is 6.04 Å². The molecule has 3 nitrogen and oxygen atoms in total. The Morgan fingerprint density at radius 3 is 2.58 bits per heavy atom. The lowest BCUT2D eigenvalue weighted by Crippen LogP contribution is -2.16. The Bertz CT molecular complexity index is 462. The smallest absolute Gasteiger partial charge is 0.125 e. The summed E-state index contributed by atoms with van der Waals surface area (Å²) in [4.78, 5) is 0. The molecule has 1 unspecified atom stereocenters. The van der Waals surface area contributed by atoms with E-state index in [1.807, 2.05) is 31.3 Å². The van der Waals surface area contributed by atoms with Crippen LogP contribution in [0.4, 0.5) is 0 Å². The first-order valence-corrected chi connectivity index (χ1v) is 6.78. The topological polar surface area (TPSA) is 34.4 Å². The van der Waals surface area contributed by atoms with Crippen molar-refractivity contribution >= 4 is 0 Å². The van der Waals surface area contributed by atoms with E-state index in [1.165, 1.54) is 5.56 Å². The molecule has 1 atom stereocenters. The number of hydrogen-bond donors (Lipinski definition) is 1. The van der Waals surface area contributed by atoms with Gasteiger partial charge in [-0.2, -0.15) is 0 Å². The van der Waals surface area contributed by atoms with Crippen LogP contribution < -0.4 is 10.1 Å². The summed E-state index contributed by atoms with van der Waals surface area (Å²) in [6.07, 6.45) is 3.94. The fraction of sp³-hybridized carbons (Fsp3) is 0.375. The van der Waals surface area contributed by atoms with Crippen LogP contribution in [0.2, 0.25) is 0 Å². The zero-order chi connectivity index (χ0) is 13.5. The molecule has 102 valence electrons. The zero-order valence-corrected chi connectivity index (χ0v) is 11.6. The van der Waals surface area contributed by atoms with Crippen LogP contribution in [-0.2, 0) is 0 Å². The summed E-state index contributed by atoms with van der Waals surface area (Å²) in [6, 6.07) is 12.1. The number of ether oxygens (including phenoxy) is 1. The van der Waals surface area contributed by atoms with Crippen LogP contribution in [-0.4, -0.2) is 13.7 Å². The predicted octanol–water partition coefficient (Wildman–Crippen LogP) is 3.77. The van der Waals surface area contributed by atoms with E-state index in [1.54, 1.807) is 6.26 Å². The van der Waals surface area contributed by atoms with Gasteiger partial charge in [0.2, 0.25) is 0 Å². The third kappa shape index (κ3) is 3.61. The van der Waals surface area contributed by atoms with Crippen LogP contribution in [0.3, 0.4) is 0 Å². The first-order valence-electron chi connectivity index (χ1n) is 6.78. The Kier molecular flexibility index (Phi) is 5.04. The van der Waals surface area contributed by atoms with E-state index in [0.29, 0.717) is 0 Å². The van der Waals surface area contributed by atoms with Crippen LogP contribution in [0.25, 0.3) is 0 Å². The monoisotopic (exact) mass is 259 g/mol. The second-order valence-corrected chi connectivity index (χ2v) is 4.51. The molecule has 0 saturated carbocycles. The Labute approximate surface area is 114 Å². The SMILES string of the molecule is CCCCOc1ccc(C(NC)c2ccco2)cc1. The molecular weight excluding hydrogens is 238 g/mol. The molecule has 3 heteroatoms. The number of furan rings is 1. The van der Waals surface area contributed by atoms with Crippen molar-refractivity contribution in [2.45, 2.75) is 25.8 Å². The summed E-state index contributed by atoms with van der Waals surface area (Å²) in [7, 11) is 1.93. The van der Waals surface area contributed by atoms with Crippen molar-refractivity contribution in [3.8, 4) is 5.75 Å². The van der Waals surface area contributed by atoms with E-state index >= 15 is 0 Å². The van der Waals surface area contributed by atoms with Gasteiger partial charge in [-0.1, -0.05) is 25.5 Å². The molecule has 1 aromatic carbocycles. The molecule has 0 fully saturated rings. The van der Waals surface area contributed by atoms with Gasteiger partial charge >= 0.3 is 0 Å². The van der Waals surface area contributed by atoms with E-state index in [4.69, 9.17) is 9.15 Å². The summed E-state index contributed by atoms with van der Waals surface area (Å²) in [5.74, 6) is 1.84. The summed E-state index contributed by atoms with van der Waals surface area (Å²) >= 11 is 0. The van der Waals surface area contributed by atoms with Gasteiger partial charge in [0.1, 0.15) is 11.5 Å². The van der Waals surface area contributed by atoms with Gasteiger partial charge in [-0.3, -0.25) is 0 Å². The maximum Gasteiger partial charge on any atom is 0.125 e. The van der Waals surface area contributed by atoms with Crippen molar-refractivity contribution in [2.75, 3.05) is 13.7 Å². The molecule has 1 N–H and O–H groups in total. The Hall–Kier alpha value is -1.74. The van der Waals surface area contributed by atoms with Gasteiger partial charge in [0.15, 0.2) is 0 Å². The fourth-order valence-corrected chi connectivity index (χ4v) is 2.02. The molecule has 0 bridgehead atoms. The van der Waals surface area contributed by atoms with Crippen LogP contribution >= 0.6 is 0 Å². The van der Waals surface area contributed by atoms with Gasteiger partial charge in [0.25, 0.3) is 0 Å². The Morgan fingerprint density at radius 1 is 1.21 bits per heavy atom. The van der Waals surface area contributed by atoms with Crippen molar-refractivity contribution in [1.82, 2.24) is 5.32 Å². The number of hydrogen-bond acceptors (Lipinski definition) is 3. The van der Waals surface area contributed by atoms with Crippen LogP contribution in [0.1, 0.15) is 37.1 Å². The third-order valence-corrected chi connectivity index (χ3v) is 3.10. The molecule has 1 heterocycles. The average Bonchev–Trinajstić information content (AvgIpc) is 2.96. The van der Waals surface area contributed by atoms with Crippen molar-refractivity contribution in [2.24, 2.45) is 0 Å². The van der Waals surface area contributed by atoms with Crippen molar-refractivity contribution in [1.29, 1.82) is 0 Å². The van der Waals surface area contributed by atoms with Gasteiger partial charge in [-0.15, -0.1) is 0 Å². The van der Waals surface area contributed by atoms with Crippen molar-refractivity contribution in [3.05, 3.63) is 54.0 Å². The number of nitrogens with one attached hydrogen (secondary N) is 1. The molecule has 0 aliphatic rings. The summed E-state index contributed by atoms with van der Waals surface area (Å²) in [6.45, 7) is 2.94. The first-order chi connectivity index (χ1) is 9.35. The molecule has 0 spiro atoms. The average molecular weight is 259 g/mol. The summed E-state index contributed by atoms with van der Waals surface area (Å²) < 4.78 is 11.1. The first kappa shape index (κ1) is 13.7. The highest BCUT2D eigenvalue weighted by atomic mass is 16.5. The van der Waals surface area contributed by atoms with E-state index < -0.39 is 0 Å². The maximum absolute atomic E-state index is 5.66. The second-order valence-electron chi connectivity index (χ2n) is 4.51. The van der Waals surface area contributed by atoms with Crippen molar-refractivity contribution < 1.29 is 9.15 Å². The molecule has 2 aromatic rings. The lowest BCUT2D eigenvalue weighted by atomic mass is 10.0. The molecule has 19 heavy (non-hydrogen) atoms. The minimum absolute atomic E-state index is 0.0830. The fourth-order valence-electron chi connectivity index (χ4n) is 2.02. The minimum Gasteiger partial charge on any atom is -0.494 e. The molecule has 0 aliphatic heterocycles. The second kappa shape index (κ2) is 7.00. The van der Waals surface area contributed by atoms with Crippen LogP contribution in [0.5, 0.6) is 5.75 Å². The van der Waals surface area contributed by atoms with Gasteiger partial charge in [-0.05, 0) is 43.3 Å². The van der Waals surface area contributed by atoms with Crippen LogP contribution in [0.15, 0.2) is 47.1 Å². The van der Waals surface area contributed by atoms with E-state index in [9.17, 15) is 0 Å². The van der Waals surface area contributed by atoms with E-state index in [0.717, 1.165) is 31.0 Å². The third-order valence-electron chi connectivity index (χ3n) is 3.10. The number of benzene rings is 1. The van der Waals surface area contributed by atoms with Gasteiger partial charge in [0, 0.05) is 0 Å². The molecule has 0 aliphatic carbocycles. The zero-order valence-electron chi connectivity index (χ0n) is 11.6. The highest BCUT2D eigenvalue weighted by molar-refractivity contribution is 5.32. The molecule has 0 saturated heterocycles. The Balaban J connectivity index is 2.04. The van der Waals surface area contributed by atoms with Crippen LogP contribution in [0, 0.1) is 0 Å². The van der Waals surface area contributed by atoms with Gasteiger partial charge in [0.05, 0.1) is 18.9 Å². The summed E-state index contributed by atoms with van der Waals surface area (Å²) in [5, 5.41) is 3.26. The molecule has 2 rings (SSSR count). The Morgan fingerprint density at radius 2 is 2.00 bits per heavy atom. The largest absolute Gasteiger partial charge is 0.494 e.